The molecule has 5 nitrogen and oxygen atoms in total. The van der Waals surface area contributed by atoms with Crippen molar-refractivity contribution in [1.29, 1.82) is 5.26 Å². The zero-order chi connectivity index (χ0) is 32.5. The van der Waals surface area contributed by atoms with Crippen LogP contribution < -0.4 is 0 Å². The molecular weight excluding hydrogens is 587 g/mol. The van der Waals surface area contributed by atoms with Crippen molar-refractivity contribution in [2.75, 3.05) is 0 Å². The van der Waals surface area contributed by atoms with Crippen molar-refractivity contribution in [2.24, 2.45) is 0 Å². The molecule has 0 bridgehead atoms. The van der Waals surface area contributed by atoms with E-state index in [1.54, 1.807) is 0 Å². The molecule has 0 aliphatic heterocycles. The van der Waals surface area contributed by atoms with Crippen LogP contribution in [-0.4, -0.2) is 15.0 Å². The molecular formula is C43H25N5. The minimum Gasteiger partial charge on any atom is -0.238 e. The van der Waals surface area contributed by atoms with E-state index < -0.39 is 0 Å². The standard InChI is InChI=1S/C43H25N5/c1-45-40-19-18-33-22-36(17-15-34(33)26-40)42-46-41(35-16-14-31-20-28(27-44)12-13-32(31)21-35)47-43(48-42)39-24-37(29-8-4-2-5-9-29)23-38(25-39)30-10-6-3-7-11-30/h2-26H. The molecule has 0 N–H and O–H groups in total. The minimum absolute atomic E-state index is 0.552. The third-order valence-corrected chi connectivity index (χ3v) is 8.48. The SMILES string of the molecule is [C-]#[N+]c1ccc2cc(-c3nc(-c4cc(-c5ccccc5)cc(-c5ccccc5)c4)nc(-c4ccc5cc(C#N)ccc5c4)n3)ccc2c1. The van der Waals surface area contributed by atoms with Crippen LogP contribution in [0.3, 0.4) is 0 Å². The van der Waals surface area contributed by atoms with E-state index in [0.29, 0.717) is 28.7 Å². The fraction of sp³-hybridized carbons (Fsp3) is 0. The second-order valence-corrected chi connectivity index (χ2v) is 11.6. The lowest BCUT2D eigenvalue weighted by atomic mass is 9.96. The van der Waals surface area contributed by atoms with Crippen LogP contribution in [0.15, 0.2) is 152 Å². The first-order valence-corrected chi connectivity index (χ1v) is 15.5. The third-order valence-electron chi connectivity index (χ3n) is 8.48. The molecule has 0 aliphatic carbocycles. The maximum absolute atomic E-state index is 9.39. The molecule has 0 fully saturated rings. The summed E-state index contributed by atoms with van der Waals surface area (Å²) in [5.41, 5.74) is 8.13. The summed E-state index contributed by atoms with van der Waals surface area (Å²) in [5.74, 6) is 1.67. The summed E-state index contributed by atoms with van der Waals surface area (Å²) in [4.78, 5) is 18.8. The van der Waals surface area contributed by atoms with Crippen LogP contribution >= 0.6 is 0 Å². The van der Waals surface area contributed by atoms with Crippen molar-refractivity contribution in [1.82, 2.24) is 15.0 Å². The molecule has 0 amide bonds. The number of aromatic nitrogens is 3. The van der Waals surface area contributed by atoms with Crippen molar-refractivity contribution in [3.8, 4) is 62.5 Å². The van der Waals surface area contributed by atoms with Crippen molar-refractivity contribution >= 4 is 27.2 Å². The first-order chi connectivity index (χ1) is 23.6. The maximum Gasteiger partial charge on any atom is 0.187 e. The molecule has 0 saturated carbocycles. The predicted octanol–water partition coefficient (Wildman–Crippen LogP) is 10.9. The van der Waals surface area contributed by atoms with E-state index in [-0.39, 0.29) is 0 Å². The lowest BCUT2D eigenvalue weighted by Crippen LogP contribution is -2.01. The fourth-order valence-corrected chi connectivity index (χ4v) is 6.01. The molecule has 48 heavy (non-hydrogen) atoms. The van der Waals surface area contributed by atoms with Crippen LogP contribution in [0.25, 0.3) is 82.8 Å². The van der Waals surface area contributed by atoms with Gasteiger partial charge in [0.1, 0.15) is 0 Å². The van der Waals surface area contributed by atoms with Gasteiger partial charge >= 0.3 is 0 Å². The van der Waals surface area contributed by atoms with Gasteiger partial charge in [0.05, 0.1) is 18.2 Å². The highest BCUT2D eigenvalue weighted by Crippen LogP contribution is 2.34. The number of nitriles is 1. The van der Waals surface area contributed by atoms with Gasteiger partial charge < -0.3 is 0 Å². The second-order valence-electron chi connectivity index (χ2n) is 11.6. The summed E-state index contributed by atoms with van der Waals surface area (Å²) < 4.78 is 0. The maximum atomic E-state index is 9.39. The number of fused-ring (bicyclic) bond motifs is 2. The van der Waals surface area contributed by atoms with Crippen LogP contribution in [0.1, 0.15) is 5.56 Å². The Hall–Kier alpha value is -6.95. The Labute approximate surface area is 277 Å². The average Bonchev–Trinajstić information content (AvgIpc) is 3.17. The fourth-order valence-electron chi connectivity index (χ4n) is 6.01. The summed E-state index contributed by atoms with van der Waals surface area (Å²) in [6.45, 7) is 7.40. The normalized spacial score (nSPS) is 10.9. The Bertz CT molecular complexity index is 2410. The largest absolute Gasteiger partial charge is 0.238 e. The van der Waals surface area contributed by atoms with Gasteiger partial charge in [-0.1, -0.05) is 103 Å². The highest BCUT2D eigenvalue weighted by Gasteiger charge is 2.16. The molecule has 8 rings (SSSR count). The topological polar surface area (TPSA) is 66.8 Å². The van der Waals surface area contributed by atoms with E-state index in [1.165, 1.54) is 0 Å². The lowest BCUT2D eigenvalue weighted by molar-refractivity contribution is 1.08. The number of nitrogens with zero attached hydrogens (tertiary/aromatic N) is 5. The Kier molecular flexibility index (Phi) is 7.19. The van der Waals surface area contributed by atoms with E-state index in [4.69, 9.17) is 21.5 Å². The molecule has 1 aromatic heterocycles. The molecule has 0 spiro atoms. The number of benzene rings is 7. The van der Waals surface area contributed by atoms with Gasteiger partial charge in [0.15, 0.2) is 23.2 Å². The molecule has 8 aromatic rings. The van der Waals surface area contributed by atoms with Crippen LogP contribution in [0.4, 0.5) is 5.69 Å². The predicted molar refractivity (Wildman–Crippen MR) is 193 cm³/mol. The Balaban J connectivity index is 1.35. The number of hydrogen-bond donors (Lipinski definition) is 0. The summed E-state index contributed by atoms with van der Waals surface area (Å²) in [6, 6.07) is 52.8. The molecule has 0 unspecified atom stereocenters. The molecule has 0 radical (unpaired) electrons. The first-order valence-electron chi connectivity index (χ1n) is 15.5. The van der Waals surface area contributed by atoms with Gasteiger partial charge in [-0.2, -0.15) is 5.26 Å². The lowest BCUT2D eigenvalue weighted by Gasteiger charge is -2.13. The minimum atomic E-state index is 0.552. The Morgan fingerprint density at radius 2 is 0.875 bits per heavy atom. The van der Waals surface area contributed by atoms with Crippen molar-refractivity contribution in [3.05, 3.63) is 169 Å². The molecule has 0 saturated heterocycles. The highest BCUT2D eigenvalue weighted by atomic mass is 15.0. The summed E-state index contributed by atoms with van der Waals surface area (Å²) >= 11 is 0. The van der Waals surface area contributed by atoms with Crippen LogP contribution in [0, 0.1) is 17.9 Å². The molecule has 0 aliphatic rings. The van der Waals surface area contributed by atoms with E-state index in [9.17, 15) is 5.26 Å². The Morgan fingerprint density at radius 3 is 1.42 bits per heavy atom. The van der Waals surface area contributed by atoms with Gasteiger partial charge in [-0.25, -0.2) is 19.8 Å². The molecule has 7 aromatic carbocycles. The molecule has 5 heteroatoms. The number of rotatable bonds is 5. The average molecular weight is 612 g/mol. The zero-order valence-corrected chi connectivity index (χ0v) is 25.7. The van der Waals surface area contributed by atoms with E-state index >= 15 is 0 Å². The molecule has 222 valence electrons. The van der Waals surface area contributed by atoms with E-state index in [0.717, 1.165) is 60.5 Å². The molecule has 1 heterocycles. The summed E-state index contributed by atoms with van der Waals surface area (Å²) in [6.07, 6.45) is 0. The van der Waals surface area contributed by atoms with Crippen molar-refractivity contribution in [3.63, 3.8) is 0 Å². The van der Waals surface area contributed by atoms with Crippen LogP contribution in [0.5, 0.6) is 0 Å². The van der Waals surface area contributed by atoms with Crippen molar-refractivity contribution < 1.29 is 0 Å². The second kappa shape index (κ2) is 12.1. The summed E-state index contributed by atoms with van der Waals surface area (Å²) in [7, 11) is 0. The first kappa shape index (κ1) is 28.5. The van der Waals surface area contributed by atoms with E-state index in [2.05, 4.69) is 65.5 Å². The van der Waals surface area contributed by atoms with E-state index in [1.807, 2.05) is 97.1 Å². The van der Waals surface area contributed by atoms with Gasteiger partial charge in [0.2, 0.25) is 0 Å². The quantitative estimate of drug-likeness (QED) is 0.182. The molecule has 0 atom stereocenters. The monoisotopic (exact) mass is 611 g/mol. The number of hydrogen-bond acceptors (Lipinski definition) is 4. The third kappa shape index (κ3) is 5.54. The smallest absolute Gasteiger partial charge is 0.187 e. The van der Waals surface area contributed by atoms with Gasteiger partial charge in [0, 0.05) is 16.7 Å². The zero-order valence-electron chi connectivity index (χ0n) is 25.7. The van der Waals surface area contributed by atoms with Gasteiger partial charge in [-0.3, -0.25) is 0 Å². The summed E-state index contributed by atoms with van der Waals surface area (Å²) in [5, 5.41) is 13.3. The van der Waals surface area contributed by atoms with Crippen molar-refractivity contribution in [2.45, 2.75) is 0 Å². The van der Waals surface area contributed by atoms with Crippen LogP contribution in [0.2, 0.25) is 0 Å². The van der Waals surface area contributed by atoms with Crippen LogP contribution in [-0.2, 0) is 0 Å². The van der Waals surface area contributed by atoms with Gasteiger partial charge in [-0.15, -0.1) is 0 Å². The van der Waals surface area contributed by atoms with Gasteiger partial charge in [0.25, 0.3) is 0 Å². The highest BCUT2D eigenvalue weighted by molar-refractivity contribution is 5.90. The van der Waals surface area contributed by atoms with Gasteiger partial charge in [-0.05, 0) is 92.3 Å². The Morgan fingerprint density at radius 1 is 0.417 bits per heavy atom.